The first-order valence-electron chi connectivity index (χ1n) is 8.29. The molecule has 5 nitrogen and oxygen atoms in total. The Kier molecular flexibility index (Phi) is 4.18. The predicted octanol–water partition coefficient (Wildman–Crippen LogP) is 2.64. The van der Waals surface area contributed by atoms with Gasteiger partial charge in [-0.2, -0.15) is 0 Å². The van der Waals surface area contributed by atoms with Crippen molar-refractivity contribution in [2.75, 3.05) is 7.05 Å². The van der Waals surface area contributed by atoms with E-state index in [2.05, 4.69) is 24.0 Å². The third kappa shape index (κ3) is 2.50. The number of likely N-dealkylation sites (N-methyl/N-ethyl adjacent to an activating group) is 1. The van der Waals surface area contributed by atoms with E-state index in [1.807, 2.05) is 18.2 Å². The fourth-order valence-corrected chi connectivity index (χ4v) is 3.48. The maximum atomic E-state index is 13.1. The molecule has 2 atom stereocenters. The molecule has 0 saturated heterocycles. The summed E-state index contributed by atoms with van der Waals surface area (Å²) in [5.41, 5.74) is 6.96. The van der Waals surface area contributed by atoms with Gasteiger partial charge in [-0.05, 0) is 36.1 Å². The van der Waals surface area contributed by atoms with Gasteiger partial charge in [-0.3, -0.25) is 9.69 Å². The number of nitrogens with two attached hydrogens (primary N) is 1. The van der Waals surface area contributed by atoms with Gasteiger partial charge in [-0.25, -0.2) is 4.99 Å². The number of carbonyl (C=O) groups excluding carboxylic acids is 1. The van der Waals surface area contributed by atoms with Crippen LogP contribution >= 0.6 is 0 Å². The number of rotatable bonds is 4. The number of benzene rings is 1. The number of aliphatic hydroxyl groups is 1. The SMILES string of the molecule is CCCc1cccc([C@@]2(C3C=CC(O)=CC3)N=C(N)N(C)C2=O)c1. The van der Waals surface area contributed by atoms with Crippen LogP contribution in [0.5, 0.6) is 0 Å². The van der Waals surface area contributed by atoms with E-state index in [1.54, 1.807) is 19.2 Å². The highest BCUT2D eigenvalue weighted by Crippen LogP contribution is 2.43. The van der Waals surface area contributed by atoms with E-state index in [0.29, 0.717) is 6.42 Å². The highest BCUT2D eigenvalue weighted by Gasteiger charge is 2.52. The van der Waals surface area contributed by atoms with E-state index in [4.69, 9.17) is 5.73 Å². The molecule has 1 aliphatic carbocycles. The Morgan fingerprint density at radius 2 is 2.25 bits per heavy atom. The molecule has 5 heteroatoms. The van der Waals surface area contributed by atoms with Crippen LogP contribution < -0.4 is 5.73 Å². The maximum absolute atomic E-state index is 13.1. The van der Waals surface area contributed by atoms with Gasteiger partial charge in [-0.15, -0.1) is 0 Å². The van der Waals surface area contributed by atoms with Crippen LogP contribution in [-0.2, 0) is 16.8 Å². The Hall–Kier alpha value is -2.56. The lowest BCUT2D eigenvalue weighted by atomic mass is 9.74. The van der Waals surface area contributed by atoms with Gasteiger partial charge in [0.05, 0.1) is 0 Å². The Balaban J connectivity index is 2.12. The summed E-state index contributed by atoms with van der Waals surface area (Å²) in [5, 5.41) is 9.63. The van der Waals surface area contributed by atoms with Gasteiger partial charge in [0.15, 0.2) is 11.5 Å². The zero-order chi connectivity index (χ0) is 17.3. The lowest BCUT2D eigenvalue weighted by Crippen LogP contribution is -2.44. The van der Waals surface area contributed by atoms with Crippen LogP contribution in [0.1, 0.15) is 30.9 Å². The van der Waals surface area contributed by atoms with Crippen molar-refractivity contribution in [3.63, 3.8) is 0 Å². The third-order valence-corrected chi connectivity index (χ3v) is 4.79. The molecule has 126 valence electrons. The zero-order valence-electron chi connectivity index (χ0n) is 14.1. The van der Waals surface area contributed by atoms with Crippen molar-refractivity contribution in [3.8, 4) is 0 Å². The van der Waals surface area contributed by atoms with Crippen LogP contribution in [0, 0.1) is 5.92 Å². The Bertz CT molecular complexity index is 751. The molecule has 1 aromatic rings. The summed E-state index contributed by atoms with van der Waals surface area (Å²) >= 11 is 0. The van der Waals surface area contributed by atoms with Crippen molar-refractivity contribution < 1.29 is 9.90 Å². The number of guanidine groups is 1. The second-order valence-corrected chi connectivity index (χ2v) is 6.38. The molecule has 0 saturated carbocycles. The smallest absolute Gasteiger partial charge is 0.262 e. The molecule has 2 aliphatic rings. The van der Waals surface area contributed by atoms with Gasteiger partial charge in [0, 0.05) is 13.0 Å². The largest absolute Gasteiger partial charge is 0.508 e. The number of hydrogen-bond acceptors (Lipinski definition) is 4. The molecule has 1 aromatic carbocycles. The molecule has 0 spiro atoms. The molecular formula is C19H23N3O2. The summed E-state index contributed by atoms with van der Waals surface area (Å²) in [7, 11) is 1.65. The van der Waals surface area contributed by atoms with Crippen molar-refractivity contribution in [1.82, 2.24) is 4.90 Å². The summed E-state index contributed by atoms with van der Waals surface area (Å²) in [5.74, 6) is 0.143. The minimum Gasteiger partial charge on any atom is -0.508 e. The van der Waals surface area contributed by atoms with E-state index in [9.17, 15) is 9.90 Å². The van der Waals surface area contributed by atoms with Gasteiger partial charge >= 0.3 is 0 Å². The number of amides is 1. The Morgan fingerprint density at radius 1 is 1.46 bits per heavy atom. The molecule has 0 aromatic heterocycles. The maximum Gasteiger partial charge on any atom is 0.262 e. The van der Waals surface area contributed by atoms with Crippen molar-refractivity contribution >= 4 is 11.9 Å². The minimum absolute atomic E-state index is 0.127. The second kappa shape index (κ2) is 6.15. The van der Waals surface area contributed by atoms with E-state index in [0.717, 1.165) is 18.4 Å². The molecule has 1 amide bonds. The summed E-state index contributed by atoms with van der Waals surface area (Å²) in [4.78, 5) is 19.1. The van der Waals surface area contributed by atoms with Crippen LogP contribution in [0.25, 0.3) is 0 Å². The number of aliphatic hydroxyl groups excluding tert-OH is 1. The second-order valence-electron chi connectivity index (χ2n) is 6.38. The van der Waals surface area contributed by atoms with Crippen molar-refractivity contribution in [3.05, 3.63) is 59.4 Å². The predicted molar refractivity (Wildman–Crippen MR) is 94.5 cm³/mol. The molecule has 1 aliphatic heterocycles. The quantitative estimate of drug-likeness (QED) is 0.893. The van der Waals surface area contributed by atoms with Gasteiger partial charge in [-0.1, -0.05) is 43.7 Å². The number of allylic oxidation sites excluding steroid dienone is 2. The highest BCUT2D eigenvalue weighted by molar-refractivity contribution is 6.07. The van der Waals surface area contributed by atoms with Gasteiger partial charge in [0.1, 0.15) is 5.76 Å². The fourth-order valence-electron chi connectivity index (χ4n) is 3.48. The Morgan fingerprint density at radius 3 is 2.83 bits per heavy atom. The normalized spacial score (nSPS) is 26.5. The fraction of sp³-hybridized carbons (Fsp3) is 0.368. The van der Waals surface area contributed by atoms with Crippen molar-refractivity contribution in [1.29, 1.82) is 0 Å². The third-order valence-electron chi connectivity index (χ3n) is 4.79. The lowest BCUT2D eigenvalue weighted by Gasteiger charge is -2.33. The van der Waals surface area contributed by atoms with Crippen molar-refractivity contribution in [2.45, 2.75) is 31.7 Å². The number of aliphatic imine (C=N–C) groups is 1. The summed E-state index contributed by atoms with van der Waals surface area (Å²) in [6.45, 7) is 2.13. The molecule has 1 unspecified atom stereocenters. The van der Waals surface area contributed by atoms with E-state index in [1.165, 1.54) is 10.5 Å². The number of nitrogens with zero attached hydrogens (tertiary/aromatic N) is 2. The summed E-state index contributed by atoms with van der Waals surface area (Å²) in [6, 6.07) is 8.04. The minimum atomic E-state index is -1.06. The molecular weight excluding hydrogens is 302 g/mol. The lowest BCUT2D eigenvalue weighted by molar-refractivity contribution is -0.132. The number of hydrogen-bond donors (Lipinski definition) is 2. The van der Waals surface area contributed by atoms with Crippen LogP contribution in [0.2, 0.25) is 0 Å². The van der Waals surface area contributed by atoms with Crippen LogP contribution in [-0.4, -0.2) is 28.9 Å². The van der Waals surface area contributed by atoms with Gasteiger partial charge < -0.3 is 10.8 Å². The molecule has 3 N–H and O–H groups in total. The molecule has 24 heavy (non-hydrogen) atoms. The average Bonchev–Trinajstić information content (AvgIpc) is 2.81. The summed E-state index contributed by atoms with van der Waals surface area (Å²) < 4.78 is 0. The molecule has 0 fully saturated rings. The van der Waals surface area contributed by atoms with E-state index < -0.39 is 5.54 Å². The van der Waals surface area contributed by atoms with E-state index in [-0.39, 0.29) is 23.5 Å². The Labute approximate surface area is 142 Å². The number of aryl methyl sites for hydroxylation is 1. The van der Waals surface area contributed by atoms with Crippen molar-refractivity contribution in [2.24, 2.45) is 16.6 Å². The molecule has 3 rings (SSSR count). The first kappa shape index (κ1) is 16.3. The number of carbonyl (C=O) groups is 1. The molecule has 1 heterocycles. The molecule has 0 bridgehead atoms. The topological polar surface area (TPSA) is 78.9 Å². The highest BCUT2D eigenvalue weighted by atomic mass is 16.3. The average molecular weight is 325 g/mol. The van der Waals surface area contributed by atoms with E-state index >= 15 is 0 Å². The van der Waals surface area contributed by atoms with Gasteiger partial charge in [0.25, 0.3) is 5.91 Å². The van der Waals surface area contributed by atoms with Crippen LogP contribution in [0.3, 0.4) is 0 Å². The van der Waals surface area contributed by atoms with Crippen LogP contribution in [0.15, 0.2) is 53.2 Å². The summed E-state index contributed by atoms with van der Waals surface area (Å²) in [6.07, 6.45) is 7.74. The first-order valence-corrected chi connectivity index (χ1v) is 8.29. The first-order chi connectivity index (χ1) is 11.5. The monoisotopic (exact) mass is 325 g/mol. The van der Waals surface area contributed by atoms with Gasteiger partial charge in [0.2, 0.25) is 0 Å². The standard InChI is InChI=1S/C19H23N3O2/c1-3-5-13-6-4-7-15(12-13)19(14-8-10-16(23)11-9-14)17(24)22(2)18(20)21-19/h4,6-8,10-12,14,23H,3,5,9H2,1-2H3,(H2,20,21)/t14?,19-/m1/s1. The zero-order valence-corrected chi connectivity index (χ0v) is 14.1. The van der Waals surface area contributed by atoms with Crippen LogP contribution in [0.4, 0.5) is 0 Å². The molecule has 0 radical (unpaired) electrons.